The number of ether oxygens (including phenoxy) is 1. The summed E-state index contributed by atoms with van der Waals surface area (Å²) in [5.41, 5.74) is -0.784. The Labute approximate surface area is 106 Å². The molecule has 0 radical (unpaired) electrons. The third kappa shape index (κ3) is 2.27. The highest BCUT2D eigenvalue weighted by Gasteiger charge is 2.31. The Kier molecular flexibility index (Phi) is 2.69. The summed E-state index contributed by atoms with van der Waals surface area (Å²) in [4.78, 5) is 7.85. The lowest BCUT2D eigenvalue weighted by Gasteiger charge is -2.12. The minimum absolute atomic E-state index is 0.175. The Bertz CT molecular complexity index is 577. The van der Waals surface area contributed by atoms with Gasteiger partial charge in [-0.05, 0) is 6.07 Å². The summed E-state index contributed by atoms with van der Waals surface area (Å²) in [6.07, 6.45) is 0.404. The number of alkyl halides is 3. The van der Waals surface area contributed by atoms with E-state index in [1.54, 1.807) is 6.20 Å². The molecule has 0 saturated carbocycles. The second kappa shape index (κ2) is 4.25. The first-order valence-corrected chi connectivity index (χ1v) is 5.75. The van der Waals surface area contributed by atoms with Crippen molar-refractivity contribution in [1.29, 1.82) is 0 Å². The molecular weight excluding hydrogens is 259 g/mol. The van der Waals surface area contributed by atoms with E-state index in [2.05, 4.69) is 9.97 Å². The summed E-state index contributed by atoms with van der Waals surface area (Å²) in [5, 5.41) is 0. The molecule has 4 nitrogen and oxygen atoms in total. The Morgan fingerprint density at radius 3 is 2.79 bits per heavy atom. The first-order valence-electron chi connectivity index (χ1n) is 5.75. The van der Waals surface area contributed by atoms with E-state index in [0.717, 1.165) is 31.1 Å². The van der Waals surface area contributed by atoms with Gasteiger partial charge in [-0.15, -0.1) is 0 Å². The topological polar surface area (TPSA) is 39.9 Å². The van der Waals surface area contributed by atoms with Crippen LogP contribution in [0.3, 0.4) is 0 Å². The average Bonchev–Trinajstić information content (AvgIpc) is 2.94. The Morgan fingerprint density at radius 2 is 2.11 bits per heavy atom. The largest absolute Gasteiger partial charge is 0.466 e. The van der Waals surface area contributed by atoms with Crippen molar-refractivity contribution >= 4 is 0 Å². The molecule has 2 aromatic heterocycles. The number of hydrogen-bond acceptors (Lipinski definition) is 3. The third-order valence-corrected chi connectivity index (χ3v) is 2.99. The number of imidazole rings is 1. The van der Waals surface area contributed by atoms with Gasteiger partial charge in [0.1, 0.15) is 5.82 Å². The quantitative estimate of drug-likeness (QED) is 0.841. The fourth-order valence-corrected chi connectivity index (χ4v) is 2.06. The lowest BCUT2D eigenvalue weighted by Crippen LogP contribution is -2.08. The number of rotatable bonds is 2. The zero-order valence-corrected chi connectivity index (χ0v) is 9.76. The van der Waals surface area contributed by atoms with Gasteiger partial charge in [0.25, 0.3) is 0 Å². The van der Waals surface area contributed by atoms with Crippen LogP contribution in [0.5, 0.6) is 5.88 Å². The van der Waals surface area contributed by atoms with E-state index in [1.165, 1.54) is 6.07 Å². The first kappa shape index (κ1) is 12.0. The molecule has 0 aromatic carbocycles. The normalized spacial score (nSPS) is 18.4. The number of pyridine rings is 1. The molecule has 0 saturated heterocycles. The van der Waals surface area contributed by atoms with Gasteiger partial charge in [0.2, 0.25) is 5.88 Å². The first-order chi connectivity index (χ1) is 9.04. The minimum Gasteiger partial charge on any atom is -0.466 e. The van der Waals surface area contributed by atoms with Gasteiger partial charge in [0.15, 0.2) is 6.10 Å². The summed E-state index contributed by atoms with van der Waals surface area (Å²) >= 11 is 0. The summed E-state index contributed by atoms with van der Waals surface area (Å²) < 4.78 is 44.7. The van der Waals surface area contributed by atoms with Gasteiger partial charge in [-0.2, -0.15) is 13.2 Å². The van der Waals surface area contributed by atoms with Crippen LogP contribution in [0.15, 0.2) is 30.7 Å². The van der Waals surface area contributed by atoms with Crippen LogP contribution < -0.4 is 4.74 Å². The van der Waals surface area contributed by atoms with Gasteiger partial charge in [-0.3, -0.25) is 0 Å². The summed E-state index contributed by atoms with van der Waals surface area (Å²) in [5.74, 6) is 0.955. The van der Waals surface area contributed by atoms with Crippen LogP contribution in [-0.2, 0) is 12.7 Å². The molecule has 3 rings (SSSR count). The molecule has 0 N–H and O–H groups in total. The van der Waals surface area contributed by atoms with E-state index >= 15 is 0 Å². The standard InChI is InChI=1S/C12H10F3N3O/c13-12(14,15)8-1-2-10(17-7-8)19-9-3-5-18-6-4-16-11(9)18/h1-2,4,6-7,9H,3,5H2. The lowest BCUT2D eigenvalue weighted by atomic mass is 10.2. The van der Waals surface area contributed by atoms with E-state index in [9.17, 15) is 13.2 Å². The predicted octanol–water partition coefficient (Wildman–Crippen LogP) is 2.82. The Balaban J connectivity index is 1.75. The number of aromatic nitrogens is 3. The van der Waals surface area contributed by atoms with Gasteiger partial charge in [-0.1, -0.05) is 0 Å². The van der Waals surface area contributed by atoms with Crippen LogP contribution in [0, 0.1) is 0 Å². The molecule has 7 heteroatoms. The van der Waals surface area contributed by atoms with Crippen LogP contribution in [0.4, 0.5) is 13.2 Å². The van der Waals surface area contributed by atoms with Crippen molar-refractivity contribution in [2.24, 2.45) is 0 Å². The smallest absolute Gasteiger partial charge is 0.417 e. The fourth-order valence-electron chi connectivity index (χ4n) is 2.06. The van der Waals surface area contributed by atoms with E-state index < -0.39 is 11.7 Å². The molecule has 2 aromatic rings. The highest BCUT2D eigenvalue weighted by molar-refractivity contribution is 5.21. The average molecular weight is 269 g/mol. The number of nitrogens with zero attached hydrogens (tertiary/aromatic N) is 3. The molecule has 3 heterocycles. The van der Waals surface area contributed by atoms with Crippen molar-refractivity contribution in [1.82, 2.24) is 14.5 Å². The molecule has 1 unspecified atom stereocenters. The predicted molar refractivity (Wildman–Crippen MR) is 59.5 cm³/mol. The lowest BCUT2D eigenvalue weighted by molar-refractivity contribution is -0.137. The van der Waals surface area contributed by atoms with E-state index in [4.69, 9.17) is 4.74 Å². The number of hydrogen-bond donors (Lipinski definition) is 0. The van der Waals surface area contributed by atoms with Crippen molar-refractivity contribution in [2.75, 3.05) is 0 Å². The Morgan fingerprint density at radius 1 is 1.26 bits per heavy atom. The molecule has 19 heavy (non-hydrogen) atoms. The van der Waals surface area contributed by atoms with Gasteiger partial charge >= 0.3 is 6.18 Å². The second-order valence-electron chi connectivity index (χ2n) is 4.26. The highest BCUT2D eigenvalue weighted by atomic mass is 19.4. The number of fused-ring (bicyclic) bond motifs is 1. The zero-order chi connectivity index (χ0) is 13.5. The number of aryl methyl sites for hydroxylation is 1. The van der Waals surface area contributed by atoms with E-state index in [0.29, 0.717) is 0 Å². The third-order valence-electron chi connectivity index (χ3n) is 2.99. The summed E-state index contributed by atoms with van der Waals surface area (Å²) in [6.45, 7) is 0.792. The molecule has 0 fully saturated rings. The maximum atomic E-state index is 12.4. The van der Waals surface area contributed by atoms with Crippen LogP contribution in [0.25, 0.3) is 0 Å². The summed E-state index contributed by atoms with van der Waals surface area (Å²) in [6, 6.07) is 2.19. The van der Waals surface area contributed by atoms with Crippen molar-refractivity contribution in [3.05, 3.63) is 42.1 Å². The van der Waals surface area contributed by atoms with E-state index in [1.807, 2.05) is 10.8 Å². The molecule has 0 bridgehead atoms. The van der Waals surface area contributed by atoms with Crippen molar-refractivity contribution < 1.29 is 17.9 Å². The molecule has 1 aliphatic heterocycles. The van der Waals surface area contributed by atoms with Gasteiger partial charge in [-0.25, -0.2) is 9.97 Å². The van der Waals surface area contributed by atoms with Crippen molar-refractivity contribution in [3.8, 4) is 5.88 Å². The molecule has 0 aliphatic carbocycles. The van der Waals surface area contributed by atoms with Crippen LogP contribution in [0.1, 0.15) is 23.9 Å². The van der Waals surface area contributed by atoms with Crippen molar-refractivity contribution in [2.45, 2.75) is 25.2 Å². The Hall–Kier alpha value is -2.05. The van der Waals surface area contributed by atoms with Crippen LogP contribution in [-0.4, -0.2) is 14.5 Å². The monoisotopic (exact) mass is 269 g/mol. The fraction of sp³-hybridized carbons (Fsp3) is 0.333. The highest BCUT2D eigenvalue weighted by Crippen LogP contribution is 2.31. The number of halogens is 3. The van der Waals surface area contributed by atoms with E-state index in [-0.39, 0.29) is 12.0 Å². The maximum absolute atomic E-state index is 12.4. The molecule has 0 amide bonds. The van der Waals surface area contributed by atoms with Crippen LogP contribution >= 0.6 is 0 Å². The summed E-state index contributed by atoms with van der Waals surface area (Å²) in [7, 11) is 0. The SMILES string of the molecule is FC(F)(F)c1ccc(OC2CCn3ccnc32)nc1. The second-order valence-corrected chi connectivity index (χ2v) is 4.26. The minimum atomic E-state index is -4.38. The molecule has 0 spiro atoms. The van der Waals surface area contributed by atoms with Gasteiger partial charge < -0.3 is 9.30 Å². The van der Waals surface area contributed by atoms with Gasteiger partial charge in [0, 0.05) is 37.6 Å². The van der Waals surface area contributed by atoms with Crippen molar-refractivity contribution in [3.63, 3.8) is 0 Å². The molecule has 1 aliphatic rings. The molecule has 1 atom stereocenters. The van der Waals surface area contributed by atoms with Crippen LogP contribution in [0.2, 0.25) is 0 Å². The zero-order valence-electron chi connectivity index (χ0n) is 9.76. The maximum Gasteiger partial charge on any atom is 0.417 e. The molecular formula is C12H10F3N3O. The molecule has 100 valence electrons. The van der Waals surface area contributed by atoms with Gasteiger partial charge in [0.05, 0.1) is 5.56 Å².